The first-order valence-electron chi connectivity index (χ1n) is 9.02. The monoisotopic (exact) mass is 373 g/mol. The molecular formula is C24H23NO3. The first kappa shape index (κ1) is 19.2. The number of rotatable bonds is 7. The number of carbonyl (C=O) groups is 1. The molecule has 0 heterocycles. The molecule has 1 amide bonds. The Hall–Kier alpha value is -3.53. The molecule has 142 valence electrons. The van der Waals surface area contributed by atoms with E-state index in [1.165, 1.54) is 0 Å². The van der Waals surface area contributed by atoms with E-state index in [1.54, 1.807) is 31.3 Å². The second-order valence-corrected chi connectivity index (χ2v) is 6.19. The summed E-state index contributed by atoms with van der Waals surface area (Å²) in [7, 11) is 3.21. The Balaban J connectivity index is 1.88. The van der Waals surface area contributed by atoms with Gasteiger partial charge in [0.1, 0.15) is 11.5 Å². The lowest BCUT2D eigenvalue weighted by molar-refractivity contribution is -0.114. The molecule has 0 aliphatic rings. The lowest BCUT2D eigenvalue weighted by Gasteiger charge is -2.21. The molecule has 0 aromatic heterocycles. The largest absolute Gasteiger partial charge is 0.497 e. The highest BCUT2D eigenvalue weighted by molar-refractivity contribution is 6.03. The number of nitrogens with zero attached hydrogens (tertiary/aromatic N) is 1. The fourth-order valence-electron chi connectivity index (χ4n) is 2.89. The minimum atomic E-state index is -0.111. The summed E-state index contributed by atoms with van der Waals surface area (Å²) in [5, 5.41) is 0. The number of ether oxygens (including phenoxy) is 2. The van der Waals surface area contributed by atoms with Gasteiger partial charge in [0.25, 0.3) is 5.91 Å². The summed E-state index contributed by atoms with van der Waals surface area (Å²) in [5.41, 5.74) is 2.69. The number of amides is 1. The van der Waals surface area contributed by atoms with Gasteiger partial charge in [0, 0.05) is 17.3 Å². The molecule has 0 saturated heterocycles. The maximum Gasteiger partial charge on any atom is 0.251 e. The molecule has 0 atom stereocenters. The summed E-state index contributed by atoms with van der Waals surface area (Å²) in [6.45, 7) is 0.489. The zero-order chi connectivity index (χ0) is 19.8. The molecule has 28 heavy (non-hydrogen) atoms. The number of para-hydroxylation sites is 1. The van der Waals surface area contributed by atoms with Crippen molar-refractivity contribution in [1.82, 2.24) is 0 Å². The Morgan fingerprint density at radius 1 is 0.893 bits per heavy atom. The molecule has 3 aromatic carbocycles. The molecule has 3 rings (SSSR count). The molecule has 4 nitrogen and oxygen atoms in total. The Morgan fingerprint density at radius 3 is 2.21 bits per heavy atom. The number of benzene rings is 3. The minimum absolute atomic E-state index is 0.111. The van der Waals surface area contributed by atoms with E-state index in [2.05, 4.69) is 0 Å². The highest BCUT2D eigenvalue weighted by Gasteiger charge is 2.14. The topological polar surface area (TPSA) is 38.8 Å². The fourth-order valence-corrected chi connectivity index (χ4v) is 2.89. The Bertz CT molecular complexity index is 937. The predicted molar refractivity (Wildman–Crippen MR) is 113 cm³/mol. The quantitative estimate of drug-likeness (QED) is 0.550. The van der Waals surface area contributed by atoms with Crippen LogP contribution < -0.4 is 14.4 Å². The minimum Gasteiger partial charge on any atom is -0.497 e. The molecule has 0 bridgehead atoms. The maximum atomic E-state index is 13.0. The molecule has 0 radical (unpaired) electrons. The normalized spacial score (nSPS) is 10.6. The van der Waals surface area contributed by atoms with Gasteiger partial charge in [0.15, 0.2) is 0 Å². The summed E-state index contributed by atoms with van der Waals surface area (Å²) < 4.78 is 10.7. The van der Waals surface area contributed by atoms with Crippen LogP contribution in [0.3, 0.4) is 0 Å². The third-order valence-electron chi connectivity index (χ3n) is 4.36. The third kappa shape index (κ3) is 4.80. The molecule has 0 saturated carbocycles. The number of hydrogen-bond acceptors (Lipinski definition) is 3. The predicted octanol–water partition coefficient (Wildman–Crippen LogP) is 4.95. The zero-order valence-electron chi connectivity index (χ0n) is 16.0. The summed E-state index contributed by atoms with van der Waals surface area (Å²) >= 11 is 0. The Kier molecular flexibility index (Phi) is 6.47. The van der Waals surface area contributed by atoms with Gasteiger partial charge in [-0.25, -0.2) is 0 Å². The van der Waals surface area contributed by atoms with Gasteiger partial charge in [-0.15, -0.1) is 0 Å². The van der Waals surface area contributed by atoms with Crippen LogP contribution in [-0.4, -0.2) is 20.1 Å². The molecule has 0 spiro atoms. The van der Waals surface area contributed by atoms with Gasteiger partial charge in [0.2, 0.25) is 0 Å². The van der Waals surface area contributed by atoms with E-state index in [-0.39, 0.29) is 5.91 Å². The lowest BCUT2D eigenvalue weighted by atomic mass is 10.1. The van der Waals surface area contributed by atoms with Crippen molar-refractivity contribution < 1.29 is 14.3 Å². The number of anilines is 1. The van der Waals surface area contributed by atoms with Crippen molar-refractivity contribution >= 4 is 17.7 Å². The Labute approximate surface area is 165 Å². The highest BCUT2D eigenvalue weighted by atomic mass is 16.5. The van der Waals surface area contributed by atoms with Gasteiger partial charge >= 0.3 is 0 Å². The van der Waals surface area contributed by atoms with Crippen LogP contribution in [0.2, 0.25) is 0 Å². The van der Waals surface area contributed by atoms with Gasteiger partial charge in [0.05, 0.1) is 20.8 Å². The molecule has 4 heteroatoms. The van der Waals surface area contributed by atoms with Crippen molar-refractivity contribution in [3.05, 3.63) is 96.1 Å². The summed E-state index contributed by atoms with van der Waals surface area (Å²) in [6.07, 6.45) is 3.32. The standard InChI is InChI=1S/C24H23NO3/c1-27-22-14-15-23(28-2)20(17-22)13-16-24(26)25(21-11-7-4-8-12-21)18-19-9-5-3-6-10-19/h3-17H,18H2,1-2H3/b16-13+. The third-order valence-corrected chi connectivity index (χ3v) is 4.36. The molecular weight excluding hydrogens is 350 g/mol. The molecule has 0 N–H and O–H groups in total. The van der Waals surface area contributed by atoms with Gasteiger partial charge < -0.3 is 14.4 Å². The van der Waals surface area contributed by atoms with E-state index in [0.29, 0.717) is 18.0 Å². The van der Waals surface area contributed by atoms with Crippen LogP contribution in [-0.2, 0) is 11.3 Å². The summed E-state index contributed by atoms with van der Waals surface area (Å²) in [4.78, 5) is 14.8. The van der Waals surface area contributed by atoms with Crippen LogP contribution in [0, 0.1) is 0 Å². The van der Waals surface area contributed by atoms with Gasteiger partial charge in [-0.05, 0) is 42.0 Å². The average molecular weight is 373 g/mol. The average Bonchev–Trinajstić information content (AvgIpc) is 2.76. The smallest absolute Gasteiger partial charge is 0.251 e. The van der Waals surface area contributed by atoms with Crippen molar-refractivity contribution in [2.24, 2.45) is 0 Å². The van der Waals surface area contributed by atoms with E-state index >= 15 is 0 Å². The SMILES string of the molecule is COc1ccc(OC)c(/C=C/C(=O)N(Cc2ccccc2)c2ccccc2)c1. The van der Waals surface area contributed by atoms with Crippen molar-refractivity contribution in [3.8, 4) is 11.5 Å². The number of carbonyl (C=O) groups excluding carboxylic acids is 1. The first-order valence-corrected chi connectivity index (χ1v) is 9.02. The number of hydrogen-bond donors (Lipinski definition) is 0. The van der Waals surface area contributed by atoms with Gasteiger partial charge in [-0.1, -0.05) is 48.5 Å². The van der Waals surface area contributed by atoms with Crippen LogP contribution in [0.15, 0.2) is 84.9 Å². The van der Waals surface area contributed by atoms with Crippen LogP contribution in [0.25, 0.3) is 6.08 Å². The molecule has 0 unspecified atom stereocenters. The van der Waals surface area contributed by atoms with E-state index < -0.39 is 0 Å². The highest BCUT2D eigenvalue weighted by Crippen LogP contribution is 2.25. The lowest BCUT2D eigenvalue weighted by Crippen LogP contribution is -2.28. The molecule has 0 aliphatic carbocycles. The molecule has 3 aromatic rings. The van der Waals surface area contributed by atoms with Crippen molar-refractivity contribution in [3.63, 3.8) is 0 Å². The second-order valence-electron chi connectivity index (χ2n) is 6.19. The summed E-state index contributed by atoms with van der Waals surface area (Å²) in [6, 6.07) is 25.1. The number of methoxy groups -OCH3 is 2. The van der Waals surface area contributed by atoms with E-state index in [1.807, 2.05) is 78.9 Å². The van der Waals surface area contributed by atoms with Crippen LogP contribution in [0.5, 0.6) is 11.5 Å². The van der Waals surface area contributed by atoms with Crippen molar-refractivity contribution in [1.29, 1.82) is 0 Å². The molecule has 0 fully saturated rings. The van der Waals surface area contributed by atoms with Gasteiger partial charge in [-0.2, -0.15) is 0 Å². The van der Waals surface area contributed by atoms with E-state index in [0.717, 1.165) is 16.8 Å². The van der Waals surface area contributed by atoms with E-state index in [4.69, 9.17) is 9.47 Å². The van der Waals surface area contributed by atoms with Crippen molar-refractivity contribution in [2.45, 2.75) is 6.54 Å². The Morgan fingerprint density at radius 2 is 1.57 bits per heavy atom. The fraction of sp³-hybridized carbons (Fsp3) is 0.125. The second kappa shape index (κ2) is 9.42. The molecule has 0 aliphatic heterocycles. The van der Waals surface area contributed by atoms with Crippen LogP contribution in [0.4, 0.5) is 5.69 Å². The zero-order valence-corrected chi connectivity index (χ0v) is 16.0. The summed E-state index contributed by atoms with van der Waals surface area (Å²) in [5.74, 6) is 1.27. The van der Waals surface area contributed by atoms with Crippen LogP contribution in [0.1, 0.15) is 11.1 Å². The van der Waals surface area contributed by atoms with Gasteiger partial charge in [-0.3, -0.25) is 4.79 Å². The van der Waals surface area contributed by atoms with E-state index in [9.17, 15) is 4.79 Å². The first-order chi connectivity index (χ1) is 13.7. The maximum absolute atomic E-state index is 13.0. The van der Waals surface area contributed by atoms with Crippen molar-refractivity contribution in [2.75, 3.05) is 19.1 Å². The van der Waals surface area contributed by atoms with Crippen LogP contribution >= 0.6 is 0 Å².